The molecule has 7 heteroatoms. The fraction of sp³-hybridized carbons (Fsp3) is 0.250. The minimum Gasteiger partial charge on any atom is -0.457 e. The lowest BCUT2D eigenvalue weighted by Crippen LogP contribution is -2.17. The fourth-order valence-electron chi connectivity index (χ4n) is 1.51. The fourth-order valence-corrected chi connectivity index (χ4v) is 1.85. The van der Waals surface area contributed by atoms with Crippen molar-refractivity contribution in [1.82, 2.24) is 9.38 Å². The molecule has 100 valence electrons. The Morgan fingerprint density at radius 2 is 2.26 bits per heavy atom. The van der Waals surface area contributed by atoms with Gasteiger partial charge >= 0.3 is 5.97 Å². The number of hydrogen-bond donors (Lipinski definition) is 0. The number of halogens is 1. The summed E-state index contributed by atoms with van der Waals surface area (Å²) in [5.41, 5.74) is 0.661. The summed E-state index contributed by atoms with van der Waals surface area (Å²) in [5.74, 6) is -0.500. The molecule has 6 nitrogen and oxygen atoms in total. The first-order chi connectivity index (χ1) is 9.10. The second-order valence-corrected chi connectivity index (χ2v) is 4.67. The largest absolute Gasteiger partial charge is 0.457 e. The molecule has 0 bridgehead atoms. The maximum Gasteiger partial charge on any atom is 0.332 e. The number of rotatable bonds is 4. The van der Waals surface area contributed by atoms with Gasteiger partial charge in [-0.1, -0.05) is 0 Å². The summed E-state index contributed by atoms with van der Waals surface area (Å²) in [6.07, 6.45) is 1.63. The Hall–Kier alpha value is -1.73. The Morgan fingerprint density at radius 3 is 3.00 bits per heavy atom. The predicted octanol–water partition coefficient (Wildman–Crippen LogP) is 1.15. The third-order valence-corrected chi connectivity index (χ3v) is 2.79. The third-order valence-electron chi connectivity index (χ3n) is 2.32. The first kappa shape index (κ1) is 13.7. The summed E-state index contributed by atoms with van der Waals surface area (Å²) in [4.78, 5) is 27.2. The number of aromatic nitrogens is 2. The van der Waals surface area contributed by atoms with Crippen molar-refractivity contribution in [1.29, 1.82) is 0 Å². The lowest BCUT2D eigenvalue weighted by molar-refractivity contribution is -0.149. The summed E-state index contributed by atoms with van der Waals surface area (Å²) in [6.45, 7) is -0.177. The number of carbonyl (C=O) groups is 1. The van der Waals surface area contributed by atoms with Crippen LogP contribution in [-0.2, 0) is 20.9 Å². The van der Waals surface area contributed by atoms with E-state index in [9.17, 15) is 9.59 Å². The molecule has 0 aromatic carbocycles. The Labute approximate surface area is 117 Å². The maximum atomic E-state index is 11.9. The molecule has 2 aromatic rings. The van der Waals surface area contributed by atoms with Crippen LogP contribution in [0.3, 0.4) is 0 Å². The molecule has 0 saturated carbocycles. The van der Waals surface area contributed by atoms with Crippen LogP contribution in [0, 0.1) is 0 Å². The minimum absolute atomic E-state index is 0.0516. The van der Waals surface area contributed by atoms with Crippen molar-refractivity contribution in [3.05, 3.63) is 44.9 Å². The molecule has 0 radical (unpaired) electrons. The van der Waals surface area contributed by atoms with Crippen molar-refractivity contribution in [2.24, 2.45) is 0 Å². The highest BCUT2D eigenvalue weighted by Gasteiger charge is 2.06. The molecule has 0 amide bonds. The first-order valence-electron chi connectivity index (χ1n) is 5.42. The molecular weight excluding hydrogens is 316 g/mol. The number of nitrogens with zero attached hydrogens (tertiary/aromatic N) is 2. The van der Waals surface area contributed by atoms with Crippen LogP contribution in [0.4, 0.5) is 0 Å². The number of hydrogen-bond acceptors (Lipinski definition) is 5. The van der Waals surface area contributed by atoms with Crippen molar-refractivity contribution >= 4 is 27.5 Å². The van der Waals surface area contributed by atoms with Gasteiger partial charge in [0.15, 0.2) is 0 Å². The van der Waals surface area contributed by atoms with E-state index in [1.54, 1.807) is 18.3 Å². The molecule has 0 aliphatic heterocycles. The van der Waals surface area contributed by atoms with E-state index in [0.29, 0.717) is 11.3 Å². The third kappa shape index (κ3) is 3.39. The van der Waals surface area contributed by atoms with Crippen LogP contribution in [0.15, 0.2) is 33.7 Å². The molecule has 0 aliphatic carbocycles. The van der Waals surface area contributed by atoms with Gasteiger partial charge in [0, 0.05) is 23.8 Å². The molecule has 2 aromatic heterocycles. The number of pyridine rings is 1. The van der Waals surface area contributed by atoms with Gasteiger partial charge in [-0.15, -0.1) is 0 Å². The molecule has 19 heavy (non-hydrogen) atoms. The topological polar surface area (TPSA) is 69.9 Å². The van der Waals surface area contributed by atoms with Gasteiger partial charge in [-0.3, -0.25) is 9.20 Å². The van der Waals surface area contributed by atoms with Crippen LogP contribution < -0.4 is 5.56 Å². The van der Waals surface area contributed by atoms with Gasteiger partial charge in [0.1, 0.15) is 18.9 Å². The van der Waals surface area contributed by atoms with E-state index in [0.717, 1.165) is 4.47 Å². The second kappa shape index (κ2) is 5.94. The van der Waals surface area contributed by atoms with E-state index in [4.69, 9.17) is 4.74 Å². The van der Waals surface area contributed by atoms with E-state index in [1.165, 1.54) is 17.6 Å². The first-order valence-corrected chi connectivity index (χ1v) is 6.22. The van der Waals surface area contributed by atoms with Crippen LogP contribution in [0.5, 0.6) is 0 Å². The summed E-state index contributed by atoms with van der Waals surface area (Å²) >= 11 is 3.28. The summed E-state index contributed by atoms with van der Waals surface area (Å²) in [7, 11) is 1.40. The molecule has 0 fully saturated rings. The zero-order chi connectivity index (χ0) is 13.8. The van der Waals surface area contributed by atoms with Gasteiger partial charge < -0.3 is 9.47 Å². The van der Waals surface area contributed by atoms with Crippen LogP contribution in [-0.4, -0.2) is 29.1 Å². The predicted molar refractivity (Wildman–Crippen MR) is 70.8 cm³/mol. The Kier molecular flexibility index (Phi) is 4.28. The second-order valence-electron chi connectivity index (χ2n) is 3.75. The van der Waals surface area contributed by atoms with E-state index >= 15 is 0 Å². The van der Waals surface area contributed by atoms with Gasteiger partial charge in [0.05, 0.1) is 5.69 Å². The summed E-state index contributed by atoms with van der Waals surface area (Å²) in [6, 6.07) is 4.81. The number of methoxy groups -OCH3 is 1. The normalized spacial score (nSPS) is 10.6. The monoisotopic (exact) mass is 326 g/mol. The molecule has 0 unspecified atom stereocenters. The van der Waals surface area contributed by atoms with Gasteiger partial charge in [-0.2, -0.15) is 0 Å². The van der Waals surface area contributed by atoms with E-state index in [2.05, 4.69) is 25.7 Å². The van der Waals surface area contributed by atoms with Crippen molar-refractivity contribution < 1.29 is 14.3 Å². The van der Waals surface area contributed by atoms with Crippen LogP contribution in [0.25, 0.3) is 5.65 Å². The molecule has 0 aliphatic rings. The Balaban J connectivity index is 2.24. The maximum absolute atomic E-state index is 11.9. The molecular formula is C12H11BrN2O4. The number of carbonyl (C=O) groups excluding carboxylic acids is 1. The highest BCUT2D eigenvalue weighted by molar-refractivity contribution is 9.10. The smallest absolute Gasteiger partial charge is 0.332 e. The summed E-state index contributed by atoms with van der Waals surface area (Å²) < 4.78 is 11.7. The molecule has 0 atom stereocenters. The van der Waals surface area contributed by atoms with Gasteiger partial charge in [-0.05, 0) is 28.1 Å². The molecule has 2 heterocycles. The lowest BCUT2D eigenvalue weighted by Gasteiger charge is -2.05. The van der Waals surface area contributed by atoms with Crippen molar-refractivity contribution in [2.75, 3.05) is 13.7 Å². The zero-order valence-electron chi connectivity index (χ0n) is 10.1. The average Bonchev–Trinajstić information content (AvgIpc) is 2.38. The van der Waals surface area contributed by atoms with Crippen LogP contribution >= 0.6 is 15.9 Å². The highest BCUT2D eigenvalue weighted by atomic mass is 79.9. The Morgan fingerprint density at radius 1 is 1.47 bits per heavy atom. The Bertz CT molecular complexity index is 668. The van der Waals surface area contributed by atoms with E-state index in [-0.39, 0.29) is 18.8 Å². The number of fused-ring (bicyclic) bond motifs is 1. The molecule has 0 saturated heterocycles. The van der Waals surface area contributed by atoms with E-state index in [1.807, 2.05) is 0 Å². The summed E-state index contributed by atoms with van der Waals surface area (Å²) in [5, 5.41) is 0. The molecule has 0 spiro atoms. The van der Waals surface area contributed by atoms with Gasteiger partial charge in [0.2, 0.25) is 0 Å². The standard InChI is InChI=1S/C12H11BrN2O4/c1-18-7-12(17)19-6-9-4-11(16)15-5-8(13)2-3-10(15)14-9/h2-5H,6-7H2,1H3. The van der Waals surface area contributed by atoms with Crippen molar-refractivity contribution in [3.8, 4) is 0 Å². The molecule has 2 rings (SSSR count). The minimum atomic E-state index is -0.500. The number of esters is 1. The molecule has 0 N–H and O–H groups in total. The lowest BCUT2D eigenvalue weighted by atomic mass is 10.4. The average molecular weight is 327 g/mol. The zero-order valence-corrected chi connectivity index (χ0v) is 11.7. The quantitative estimate of drug-likeness (QED) is 0.788. The van der Waals surface area contributed by atoms with Crippen molar-refractivity contribution in [3.63, 3.8) is 0 Å². The highest BCUT2D eigenvalue weighted by Crippen LogP contribution is 2.09. The van der Waals surface area contributed by atoms with Gasteiger partial charge in [0.25, 0.3) is 5.56 Å². The van der Waals surface area contributed by atoms with Crippen molar-refractivity contribution in [2.45, 2.75) is 6.61 Å². The van der Waals surface area contributed by atoms with E-state index < -0.39 is 5.97 Å². The number of ether oxygens (including phenoxy) is 2. The SMILES string of the molecule is COCC(=O)OCc1cc(=O)n2cc(Br)ccc2n1. The van der Waals surface area contributed by atoms with Gasteiger partial charge in [-0.25, -0.2) is 9.78 Å². The van der Waals surface area contributed by atoms with Crippen LogP contribution in [0.2, 0.25) is 0 Å². The van der Waals surface area contributed by atoms with Crippen LogP contribution in [0.1, 0.15) is 5.69 Å².